The number of methoxy groups -OCH3 is 2. The van der Waals surface area contributed by atoms with Gasteiger partial charge < -0.3 is 19.5 Å². The Labute approximate surface area is 216 Å². The predicted octanol–water partition coefficient (Wildman–Crippen LogP) is 5.40. The first-order valence-electron chi connectivity index (χ1n) is 12.3. The van der Waals surface area contributed by atoms with Crippen molar-refractivity contribution in [3.63, 3.8) is 0 Å². The Hall–Kier alpha value is -4.20. The molecule has 2 aliphatic rings. The molecule has 1 N–H and O–H groups in total. The normalized spacial score (nSPS) is 15.4. The van der Waals surface area contributed by atoms with E-state index in [2.05, 4.69) is 5.32 Å². The number of rotatable bonds is 6. The van der Waals surface area contributed by atoms with Crippen molar-refractivity contribution in [1.29, 1.82) is 0 Å². The molecule has 0 radical (unpaired) electrons. The predicted molar refractivity (Wildman–Crippen MR) is 143 cm³/mol. The summed E-state index contributed by atoms with van der Waals surface area (Å²) < 4.78 is 16.9. The molecular formula is C29H31N3O5. The van der Waals surface area contributed by atoms with Crippen LogP contribution in [0.25, 0.3) is 11.1 Å². The Morgan fingerprint density at radius 1 is 0.973 bits per heavy atom. The van der Waals surface area contributed by atoms with E-state index in [9.17, 15) is 9.59 Å². The number of ether oxygens (including phenoxy) is 3. The first-order chi connectivity index (χ1) is 17.7. The van der Waals surface area contributed by atoms with E-state index in [0.717, 1.165) is 33.8 Å². The third-order valence-corrected chi connectivity index (χ3v) is 6.73. The smallest absolute Gasteiger partial charge is 0.313 e. The van der Waals surface area contributed by atoms with Crippen LogP contribution < -0.4 is 29.5 Å². The fourth-order valence-corrected chi connectivity index (χ4v) is 4.83. The number of nitrogens with one attached hydrogen (secondary N) is 1. The van der Waals surface area contributed by atoms with Gasteiger partial charge in [-0.1, -0.05) is 32.0 Å². The lowest BCUT2D eigenvalue weighted by molar-refractivity contribution is -0.137. The second-order valence-corrected chi connectivity index (χ2v) is 10.0. The maximum absolute atomic E-state index is 13.7. The fourth-order valence-electron chi connectivity index (χ4n) is 4.83. The van der Waals surface area contributed by atoms with Crippen molar-refractivity contribution in [2.45, 2.75) is 39.8 Å². The molecule has 1 amide bonds. The van der Waals surface area contributed by atoms with E-state index in [-0.39, 0.29) is 17.8 Å². The van der Waals surface area contributed by atoms with Gasteiger partial charge in [-0.25, -0.2) is 5.01 Å². The molecule has 192 valence electrons. The molecule has 3 aromatic carbocycles. The van der Waals surface area contributed by atoms with Crippen LogP contribution >= 0.6 is 0 Å². The lowest BCUT2D eigenvalue weighted by Gasteiger charge is -2.41. The zero-order valence-electron chi connectivity index (χ0n) is 21.9. The highest BCUT2D eigenvalue weighted by Gasteiger charge is 2.47. The zero-order chi connectivity index (χ0) is 26.5. The molecule has 37 heavy (non-hydrogen) atoms. The number of carbonyl (C=O) groups excluding carboxylic acids is 2. The summed E-state index contributed by atoms with van der Waals surface area (Å²) in [5.74, 6) is 1.06. The van der Waals surface area contributed by atoms with E-state index in [4.69, 9.17) is 14.2 Å². The Morgan fingerprint density at radius 3 is 2.38 bits per heavy atom. The lowest BCUT2D eigenvalue weighted by Crippen LogP contribution is -2.57. The topological polar surface area (TPSA) is 80.3 Å². The average molecular weight is 502 g/mol. The number of hydrogen-bond donors (Lipinski definition) is 1. The Bertz CT molecular complexity index is 1400. The van der Waals surface area contributed by atoms with E-state index in [0.29, 0.717) is 23.8 Å². The highest BCUT2D eigenvalue weighted by molar-refractivity contribution is 6.12. The minimum absolute atomic E-state index is 0.0651. The second-order valence-electron chi connectivity index (χ2n) is 10.0. The molecule has 2 heterocycles. The molecule has 0 atom stereocenters. The van der Waals surface area contributed by atoms with Crippen molar-refractivity contribution in [3.8, 4) is 28.4 Å². The number of anilines is 3. The number of hydrogen-bond acceptors (Lipinski definition) is 7. The van der Waals surface area contributed by atoms with Crippen molar-refractivity contribution in [1.82, 2.24) is 0 Å². The van der Waals surface area contributed by atoms with Crippen molar-refractivity contribution in [2.75, 3.05) is 29.6 Å². The molecular weight excluding hydrogens is 470 g/mol. The van der Waals surface area contributed by atoms with Crippen LogP contribution in [0.3, 0.4) is 0 Å². The quantitative estimate of drug-likeness (QED) is 0.358. The maximum Gasteiger partial charge on any atom is 0.313 e. The molecule has 0 unspecified atom stereocenters. The van der Waals surface area contributed by atoms with Crippen LogP contribution in [0, 0.1) is 5.92 Å². The number of hydrazine groups is 1. The van der Waals surface area contributed by atoms with Gasteiger partial charge >= 0.3 is 5.97 Å². The number of nitrogens with zero attached hydrogens (tertiary/aromatic N) is 2. The first kappa shape index (κ1) is 24.5. The third-order valence-electron chi connectivity index (χ3n) is 6.73. The molecule has 0 bridgehead atoms. The van der Waals surface area contributed by atoms with Gasteiger partial charge in [-0.15, -0.1) is 0 Å². The SMILES string of the molecule is COc1cc(OC(=O)C(C)C)ccc1-c1ccc2c3c1CN(c1ccccc1OC)N3C(=O)C(C)(C)N2. The number of amides is 1. The van der Waals surface area contributed by atoms with Crippen LogP contribution in [0.2, 0.25) is 0 Å². The van der Waals surface area contributed by atoms with Crippen LogP contribution in [-0.2, 0) is 16.1 Å². The summed E-state index contributed by atoms with van der Waals surface area (Å²) in [5.41, 5.74) is 4.43. The Kier molecular flexibility index (Phi) is 5.98. The Balaban J connectivity index is 1.65. The minimum Gasteiger partial charge on any atom is -0.496 e. The number of benzene rings is 3. The van der Waals surface area contributed by atoms with Gasteiger partial charge in [-0.05, 0) is 49.7 Å². The minimum atomic E-state index is -0.796. The van der Waals surface area contributed by atoms with Gasteiger partial charge in [0.25, 0.3) is 5.91 Å². The average Bonchev–Trinajstić information content (AvgIpc) is 3.28. The van der Waals surface area contributed by atoms with Gasteiger partial charge in [0, 0.05) is 17.2 Å². The van der Waals surface area contributed by atoms with Gasteiger partial charge in [0.05, 0.1) is 38.1 Å². The van der Waals surface area contributed by atoms with Crippen LogP contribution in [0.15, 0.2) is 54.6 Å². The van der Waals surface area contributed by atoms with Crippen molar-refractivity contribution < 1.29 is 23.8 Å². The van der Waals surface area contributed by atoms with Crippen LogP contribution in [0.1, 0.15) is 33.3 Å². The van der Waals surface area contributed by atoms with Crippen molar-refractivity contribution >= 4 is 28.9 Å². The summed E-state index contributed by atoms with van der Waals surface area (Å²) in [6.07, 6.45) is 0. The fraction of sp³-hybridized carbons (Fsp3) is 0.310. The molecule has 8 nitrogen and oxygen atoms in total. The van der Waals surface area contributed by atoms with E-state index in [1.54, 1.807) is 45.2 Å². The number of carbonyl (C=O) groups is 2. The second kappa shape index (κ2) is 9.03. The summed E-state index contributed by atoms with van der Waals surface area (Å²) in [7, 11) is 3.21. The van der Waals surface area contributed by atoms with Crippen LogP contribution in [0.4, 0.5) is 17.1 Å². The largest absolute Gasteiger partial charge is 0.496 e. The molecule has 0 aliphatic carbocycles. The van der Waals surface area contributed by atoms with E-state index in [1.807, 2.05) is 61.3 Å². The van der Waals surface area contributed by atoms with E-state index >= 15 is 0 Å². The summed E-state index contributed by atoms with van der Waals surface area (Å²) in [5, 5.41) is 7.13. The standard InChI is InChI=1S/C29H31N3O5/c1-17(2)27(33)37-18-11-12-20(25(15-18)36-6)19-13-14-22-26-21(19)16-31(23-9-7-8-10-24(23)35-5)32(26)28(34)29(3,4)30-22/h7-15,17,30H,16H2,1-6H3. The van der Waals surface area contributed by atoms with Crippen LogP contribution in [0.5, 0.6) is 17.2 Å². The molecule has 5 rings (SSSR count). The Morgan fingerprint density at radius 2 is 1.68 bits per heavy atom. The zero-order valence-corrected chi connectivity index (χ0v) is 21.9. The highest BCUT2D eigenvalue weighted by Crippen LogP contribution is 2.51. The summed E-state index contributed by atoms with van der Waals surface area (Å²) in [4.78, 5) is 25.9. The van der Waals surface area contributed by atoms with Gasteiger partial charge in [0.1, 0.15) is 28.5 Å². The molecule has 0 fully saturated rings. The van der Waals surface area contributed by atoms with Crippen molar-refractivity contribution in [3.05, 3.63) is 60.2 Å². The monoisotopic (exact) mass is 501 g/mol. The van der Waals surface area contributed by atoms with Gasteiger partial charge in [-0.2, -0.15) is 0 Å². The highest BCUT2D eigenvalue weighted by atomic mass is 16.5. The molecule has 0 saturated carbocycles. The van der Waals surface area contributed by atoms with Crippen molar-refractivity contribution in [2.24, 2.45) is 5.92 Å². The number of para-hydroxylation sites is 2. The molecule has 0 spiro atoms. The van der Waals surface area contributed by atoms with Gasteiger partial charge in [-0.3, -0.25) is 14.6 Å². The molecule has 8 heteroatoms. The maximum atomic E-state index is 13.7. The van der Waals surface area contributed by atoms with Gasteiger partial charge in [0.2, 0.25) is 0 Å². The van der Waals surface area contributed by atoms with E-state index in [1.165, 1.54) is 0 Å². The van der Waals surface area contributed by atoms with Crippen LogP contribution in [-0.4, -0.2) is 31.6 Å². The summed E-state index contributed by atoms with van der Waals surface area (Å²) in [6, 6.07) is 17.1. The summed E-state index contributed by atoms with van der Waals surface area (Å²) >= 11 is 0. The molecule has 0 aromatic heterocycles. The van der Waals surface area contributed by atoms with E-state index < -0.39 is 5.54 Å². The van der Waals surface area contributed by atoms with Gasteiger partial charge in [0.15, 0.2) is 0 Å². The molecule has 0 saturated heterocycles. The molecule has 2 aliphatic heterocycles. The summed E-state index contributed by atoms with van der Waals surface area (Å²) in [6.45, 7) is 7.79. The number of esters is 1. The third kappa shape index (κ3) is 4.02. The molecule has 3 aromatic rings. The lowest BCUT2D eigenvalue weighted by atomic mass is 9.93. The first-order valence-corrected chi connectivity index (χ1v) is 12.3.